The second-order valence-electron chi connectivity index (χ2n) is 10.1. The van der Waals surface area contributed by atoms with E-state index < -0.39 is 26.4 Å². The number of hydrogen-bond donors (Lipinski definition) is 1. The molecule has 0 bridgehead atoms. The van der Waals surface area contributed by atoms with E-state index in [0.717, 1.165) is 31.2 Å². The maximum absolute atomic E-state index is 13.6. The van der Waals surface area contributed by atoms with Crippen molar-refractivity contribution in [3.8, 4) is 0 Å². The third-order valence-electron chi connectivity index (χ3n) is 8.12. The van der Waals surface area contributed by atoms with Crippen LogP contribution in [0.5, 0.6) is 0 Å². The lowest BCUT2D eigenvalue weighted by molar-refractivity contribution is -0.160. The quantitative estimate of drug-likeness (QED) is 0.299. The predicted octanol–water partition coefficient (Wildman–Crippen LogP) is 5.54. The normalized spacial score (nSPS) is 25.4. The topological polar surface area (TPSA) is 107 Å². The van der Waals surface area contributed by atoms with Crippen molar-refractivity contribution in [2.75, 3.05) is 13.7 Å². The third kappa shape index (κ3) is 5.33. The average molecular weight is 497 g/mol. The van der Waals surface area contributed by atoms with E-state index in [-0.39, 0.29) is 22.8 Å². The van der Waals surface area contributed by atoms with Gasteiger partial charge in [0.1, 0.15) is 0 Å². The van der Waals surface area contributed by atoms with Crippen molar-refractivity contribution in [1.29, 1.82) is 0 Å². The van der Waals surface area contributed by atoms with Crippen molar-refractivity contribution in [2.24, 2.45) is 16.2 Å². The summed E-state index contributed by atoms with van der Waals surface area (Å²) in [4.78, 5) is 26.3. The predicted molar refractivity (Wildman–Crippen MR) is 130 cm³/mol. The first-order valence-corrected chi connectivity index (χ1v) is 13.6. The Morgan fingerprint density at radius 3 is 2.32 bits per heavy atom. The molecule has 0 spiro atoms. The van der Waals surface area contributed by atoms with Crippen LogP contribution in [0.25, 0.3) is 0 Å². The second kappa shape index (κ2) is 10.8. The summed E-state index contributed by atoms with van der Waals surface area (Å²) in [6, 6.07) is 6.08. The molecular weight excluding hydrogens is 456 g/mol. The minimum atomic E-state index is -4.29. The van der Waals surface area contributed by atoms with Crippen LogP contribution in [0, 0.1) is 16.2 Å². The smallest absolute Gasteiger partial charge is 0.312 e. The summed E-state index contributed by atoms with van der Waals surface area (Å²) < 4.78 is 43.1. The van der Waals surface area contributed by atoms with E-state index >= 15 is 0 Å². The van der Waals surface area contributed by atoms with Crippen LogP contribution in [0.2, 0.25) is 0 Å². The molecule has 4 atom stereocenters. The highest BCUT2D eigenvalue weighted by Gasteiger charge is 2.63. The van der Waals surface area contributed by atoms with Gasteiger partial charge in [-0.05, 0) is 62.6 Å². The molecule has 7 nitrogen and oxygen atoms in total. The fourth-order valence-corrected chi connectivity index (χ4v) is 6.11. The van der Waals surface area contributed by atoms with Crippen LogP contribution in [-0.4, -0.2) is 38.6 Å². The Morgan fingerprint density at radius 2 is 1.85 bits per heavy atom. The van der Waals surface area contributed by atoms with Crippen molar-refractivity contribution in [3.63, 3.8) is 0 Å². The van der Waals surface area contributed by atoms with Gasteiger partial charge in [-0.1, -0.05) is 52.7 Å². The van der Waals surface area contributed by atoms with Crippen molar-refractivity contribution < 1.29 is 32.0 Å². The van der Waals surface area contributed by atoms with Crippen LogP contribution in [0.4, 0.5) is 0 Å². The maximum atomic E-state index is 13.6. The standard InChI is InChI=1S/C26H40O7S/c1-7-10-15-25(9-3)18-33-23(28)26(25,17-24(5,8-2)22(27)32-6)16-19(4)20-11-13-21(14-12-20)34(29,30)31/h11-14,19H,7-10,15-18H2,1-6H3,(H,29,30,31). The van der Waals surface area contributed by atoms with Crippen LogP contribution >= 0.6 is 0 Å². The first-order chi connectivity index (χ1) is 15.8. The minimum Gasteiger partial charge on any atom is -0.469 e. The van der Waals surface area contributed by atoms with E-state index in [2.05, 4.69) is 13.8 Å². The Labute approximate surface area is 204 Å². The maximum Gasteiger partial charge on any atom is 0.312 e. The van der Waals surface area contributed by atoms with Gasteiger partial charge in [0.2, 0.25) is 0 Å². The summed E-state index contributed by atoms with van der Waals surface area (Å²) in [6.07, 6.45) is 4.81. The number of rotatable bonds is 12. The molecule has 192 valence electrons. The van der Waals surface area contributed by atoms with Crippen LogP contribution in [0.3, 0.4) is 0 Å². The molecule has 1 aromatic rings. The van der Waals surface area contributed by atoms with Gasteiger partial charge in [0.15, 0.2) is 0 Å². The Hall–Kier alpha value is -1.93. The molecular formula is C26H40O7S. The van der Waals surface area contributed by atoms with Gasteiger partial charge >= 0.3 is 11.9 Å². The van der Waals surface area contributed by atoms with Gasteiger partial charge < -0.3 is 9.47 Å². The van der Waals surface area contributed by atoms with Crippen molar-refractivity contribution in [3.05, 3.63) is 29.8 Å². The summed E-state index contributed by atoms with van der Waals surface area (Å²) in [7, 11) is -2.91. The zero-order valence-electron chi connectivity index (χ0n) is 21.3. The molecule has 8 heteroatoms. The molecule has 1 aromatic carbocycles. The Kier molecular flexibility index (Phi) is 8.97. The van der Waals surface area contributed by atoms with E-state index in [1.54, 1.807) is 12.1 Å². The first kappa shape index (κ1) is 28.3. The highest BCUT2D eigenvalue weighted by Crippen LogP contribution is 2.61. The molecule has 1 aliphatic rings. The van der Waals surface area contributed by atoms with Gasteiger partial charge in [0.25, 0.3) is 10.1 Å². The Bertz CT molecular complexity index is 971. The fraction of sp³-hybridized carbons (Fsp3) is 0.692. The molecule has 0 aromatic heterocycles. The van der Waals surface area contributed by atoms with Gasteiger partial charge in [0.05, 0.1) is 29.4 Å². The lowest BCUT2D eigenvalue weighted by Crippen LogP contribution is -2.49. The lowest BCUT2D eigenvalue weighted by atomic mass is 9.53. The number of carbonyl (C=O) groups excluding carboxylic acids is 2. The average Bonchev–Trinajstić information content (AvgIpc) is 3.07. The van der Waals surface area contributed by atoms with E-state index in [4.69, 9.17) is 9.47 Å². The number of carbonyl (C=O) groups is 2. The van der Waals surface area contributed by atoms with Crippen LogP contribution in [0.15, 0.2) is 29.2 Å². The number of unbranched alkanes of at least 4 members (excludes halogenated alkanes) is 1. The summed E-state index contributed by atoms with van der Waals surface area (Å²) in [5.74, 6) is -0.720. The zero-order chi connectivity index (χ0) is 25.8. The molecule has 1 heterocycles. The first-order valence-electron chi connectivity index (χ1n) is 12.2. The van der Waals surface area contributed by atoms with E-state index in [1.165, 1.54) is 19.2 Å². The number of hydrogen-bond acceptors (Lipinski definition) is 6. The molecule has 1 aliphatic heterocycles. The number of methoxy groups -OCH3 is 1. The highest BCUT2D eigenvalue weighted by molar-refractivity contribution is 7.85. The number of esters is 2. The third-order valence-corrected chi connectivity index (χ3v) is 8.99. The van der Waals surface area contributed by atoms with E-state index in [0.29, 0.717) is 25.9 Å². The number of benzene rings is 1. The summed E-state index contributed by atoms with van der Waals surface area (Å²) in [5, 5.41) is 0. The molecule has 0 aliphatic carbocycles. The fourth-order valence-electron chi connectivity index (χ4n) is 5.63. The lowest BCUT2D eigenvalue weighted by Gasteiger charge is -2.46. The Balaban J connectivity index is 2.58. The van der Waals surface area contributed by atoms with Crippen LogP contribution in [0.1, 0.15) is 91.0 Å². The zero-order valence-corrected chi connectivity index (χ0v) is 22.2. The van der Waals surface area contributed by atoms with Gasteiger partial charge in [-0.25, -0.2) is 0 Å². The monoisotopic (exact) mass is 496 g/mol. The highest BCUT2D eigenvalue weighted by atomic mass is 32.2. The minimum absolute atomic E-state index is 0.118. The molecule has 4 unspecified atom stereocenters. The van der Waals surface area contributed by atoms with Gasteiger partial charge in [-0.2, -0.15) is 8.42 Å². The molecule has 0 amide bonds. The molecule has 0 radical (unpaired) electrons. The van der Waals surface area contributed by atoms with Gasteiger partial charge in [0, 0.05) is 5.41 Å². The summed E-state index contributed by atoms with van der Waals surface area (Å²) in [6.45, 7) is 10.3. The molecule has 1 N–H and O–H groups in total. The van der Waals surface area contributed by atoms with Gasteiger partial charge in [-0.15, -0.1) is 0 Å². The van der Waals surface area contributed by atoms with Crippen LogP contribution in [-0.2, 0) is 29.2 Å². The number of ether oxygens (including phenoxy) is 2. The van der Waals surface area contributed by atoms with Gasteiger partial charge in [-0.3, -0.25) is 14.1 Å². The molecule has 1 saturated heterocycles. The summed E-state index contributed by atoms with van der Waals surface area (Å²) in [5.41, 5.74) is -1.30. The van der Waals surface area contributed by atoms with Crippen molar-refractivity contribution >= 4 is 22.1 Å². The molecule has 0 saturated carbocycles. The van der Waals surface area contributed by atoms with E-state index in [9.17, 15) is 22.6 Å². The molecule has 2 rings (SSSR count). The molecule has 34 heavy (non-hydrogen) atoms. The van der Waals surface area contributed by atoms with E-state index in [1.807, 2.05) is 20.8 Å². The molecule has 1 fully saturated rings. The van der Waals surface area contributed by atoms with Crippen LogP contribution < -0.4 is 0 Å². The summed E-state index contributed by atoms with van der Waals surface area (Å²) >= 11 is 0. The SMILES string of the molecule is CCCCC1(CC)COC(=O)C1(CC(C)c1ccc(S(=O)(=O)O)cc1)CC(C)(CC)C(=O)OC. The number of cyclic esters (lactones) is 1. The Morgan fingerprint density at radius 1 is 1.24 bits per heavy atom. The second-order valence-corrected chi connectivity index (χ2v) is 11.5. The van der Waals surface area contributed by atoms with Crippen molar-refractivity contribution in [1.82, 2.24) is 0 Å². The van der Waals surface area contributed by atoms with Crippen molar-refractivity contribution in [2.45, 2.75) is 90.4 Å². The largest absolute Gasteiger partial charge is 0.469 e.